The van der Waals surface area contributed by atoms with Gasteiger partial charge in [0.25, 0.3) is 0 Å². The molecule has 0 aliphatic carbocycles. The predicted octanol–water partition coefficient (Wildman–Crippen LogP) is 3.10. The fourth-order valence-corrected chi connectivity index (χ4v) is 5.85. The number of hydrogen-bond acceptors (Lipinski definition) is 6. The third kappa shape index (κ3) is 3.40. The molecule has 0 fully saturated rings. The second-order valence-electron chi connectivity index (χ2n) is 5.94. The van der Waals surface area contributed by atoms with E-state index in [2.05, 4.69) is 4.98 Å². The van der Waals surface area contributed by atoms with Crippen molar-refractivity contribution in [2.75, 3.05) is 17.6 Å². The molecule has 1 N–H and O–H groups in total. The van der Waals surface area contributed by atoms with Gasteiger partial charge in [-0.3, -0.25) is 9.29 Å². The largest absolute Gasteiger partial charge is 0.504 e. The topological polar surface area (TPSA) is 105 Å². The van der Waals surface area contributed by atoms with Crippen molar-refractivity contribution >= 4 is 59.4 Å². The van der Waals surface area contributed by atoms with E-state index in [1.165, 1.54) is 25.4 Å². The summed E-state index contributed by atoms with van der Waals surface area (Å²) >= 11 is 12.4. The van der Waals surface area contributed by atoms with E-state index in [-0.39, 0.29) is 32.7 Å². The zero-order chi connectivity index (χ0) is 20.1. The van der Waals surface area contributed by atoms with Gasteiger partial charge >= 0.3 is 0 Å². The SMILES string of the molecule is CN(c1c(Cl)ccc(C2=C(O)c3ncccc3CS2(=O)=O)c1Cl)S(C)(=O)=O. The molecular formula is C16H14Cl2N2O5S2. The number of aliphatic hydroxyl groups is 1. The molecule has 0 saturated heterocycles. The summed E-state index contributed by atoms with van der Waals surface area (Å²) in [5.74, 6) is -0.916. The molecule has 0 unspecified atom stereocenters. The number of fused-ring (bicyclic) bond motifs is 1. The average molecular weight is 449 g/mol. The molecule has 3 rings (SSSR count). The molecule has 27 heavy (non-hydrogen) atoms. The molecule has 0 atom stereocenters. The van der Waals surface area contributed by atoms with Crippen molar-refractivity contribution in [1.29, 1.82) is 0 Å². The zero-order valence-corrected chi connectivity index (χ0v) is 17.3. The lowest BCUT2D eigenvalue weighted by Crippen LogP contribution is -2.26. The van der Waals surface area contributed by atoms with E-state index in [9.17, 15) is 21.9 Å². The second-order valence-corrected chi connectivity index (χ2v) is 10.7. The number of aliphatic hydroxyl groups excluding tert-OH is 1. The van der Waals surface area contributed by atoms with Crippen LogP contribution in [0.1, 0.15) is 16.8 Å². The predicted molar refractivity (Wildman–Crippen MR) is 106 cm³/mol. The summed E-state index contributed by atoms with van der Waals surface area (Å²) in [7, 11) is -6.43. The number of nitrogens with zero attached hydrogens (tertiary/aromatic N) is 2. The van der Waals surface area contributed by atoms with Gasteiger partial charge in [-0.1, -0.05) is 35.3 Å². The number of anilines is 1. The maximum absolute atomic E-state index is 12.8. The Bertz CT molecular complexity index is 1190. The van der Waals surface area contributed by atoms with Crippen molar-refractivity contribution in [1.82, 2.24) is 4.98 Å². The quantitative estimate of drug-likeness (QED) is 0.772. The van der Waals surface area contributed by atoms with Crippen molar-refractivity contribution in [3.05, 3.63) is 57.3 Å². The minimum atomic E-state index is -3.96. The molecule has 7 nitrogen and oxygen atoms in total. The molecule has 1 aliphatic heterocycles. The minimum Gasteiger partial charge on any atom is -0.504 e. The van der Waals surface area contributed by atoms with Crippen LogP contribution in [0.15, 0.2) is 30.5 Å². The first-order valence-corrected chi connectivity index (χ1v) is 11.7. The van der Waals surface area contributed by atoms with Gasteiger partial charge in [-0.2, -0.15) is 0 Å². The molecule has 2 heterocycles. The fourth-order valence-electron chi connectivity index (χ4n) is 2.77. The average Bonchev–Trinajstić information content (AvgIpc) is 2.55. The first-order chi connectivity index (χ1) is 12.4. The highest BCUT2D eigenvalue weighted by atomic mass is 35.5. The van der Waals surface area contributed by atoms with Gasteiger partial charge in [-0.05, 0) is 17.7 Å². The Balaban J connectivity index is 2.35. The summed E-state index contributed by atoms with van der Waals surface area (Å²) in [5, 5.41) is 10.4. The minimum absolute atomic E-state index is 0.0171. The number of halogens is 2. The van der Waals surface area contributed by atoms with Crippen LogP contribution in [0, 0.1) is 0 Å². The lowest BCUT2D eigenvalue weighted by molar-refractivity contribution is 0.508. The summed E-state index contributed by atoms with van der Waals surface area (Å²) in [4.78, 5) is 3.62. The number of rotatable bonds is 3. The van der Waals surface area contributed by atoms with Crippen LogP contribution >= 0.6 is 23.2 Å². The Morgan fingerprint density at radius 2 is 1.89 bits per heavy atom. The third-order valence-electron chi connectivity index (χ3n) is 4.11. The van der Waals surface area contributed by atoms with Crippen LogP contribution in [-0.2, 0) is 25.6 Å². The summed E-state index contributed by atoms with van der Waals surface area (Å²) in [6, 6.07) is 5.77. The third-order valence-corrected chi connectivity index (χ3v) is 7.70. The molecular weight excluding hydrogens is 435 g/mol. The summed E-state index contributed by atoms with van der Waals surface area (Å²) < 4.78 is 50.2. The van der Waals surface area contributed by atoms with E-state index in [1.54, 1.807) is 12.1 Å². The first kappa shape index (κ1) is 19.9. The lowest BCUT2D eigenvalue weighted by Gasteiger charge is -2.24. The van der Waals surface area contributed by atoms with Gasteiger partial charge < -0.3 is 5.11 Å². The molecule has 1 aromatic heterocycles. The van der Waals surface area contributed by atoms with Crippen LogP contribution in [-0.4, -0.2) is 40.2 Å². The number of aromatic nitrogens is 1. The van der Waals surface area contributed by atoms with Gasteiger partial charge in [0.2, 0.25) is 10.0 Å². The van der Waals surface area contributed by atoms with Crippen LogP contribution in [0.3, 0.4) is 0 Å². The lowest BCUT2D eigenvalue weighted by atomic mass is 10.1. The summed E-state index contributed by atoms with van der Waals surface area (Å²) in [5.41, 5.74) is 0.352. The standard InChI is InChI=1S/C16H14Cl2N2O5S2/c1-20(26(2,22)23)14-11(17)6-5-10(12(14)18)16-15(21)13-9(4-3-7-19-13)8-27(16,24)25/h3-7,21H,8H2,1-2H3. The number of sulfonamides is 1. The van der Waals surface area contributed by atoms with E-state index in [1.807, 2.05) is 0 Å². The van der Waals surface area contributed by atoms with Gasteiger partial charge in [0.15, 0.2) is 15.6 Å². The van der Waals surface area contributed by atoms with Crippen LogP contribution in [0.4, 0.5) is 5.69 Å². The van der Waals surface area contributed by atoms with Crippen LogP contribution < -0.4 is 4.31 Å². The van der Waals surface area contributed by atoms with Gasteiger partial charge in [-0.25, -0.2) is 16.8 Å². The molecule has 1 aliphatic rings. The monoisotopic (exact) mass is 448 g/mol. The normalized spacial score (nSPS) is 16.1. The van der Waals surface area contributed by atoms with Gasteiger partial charge in [0.05, 0.1) is 27.7 Å². The Labute approximate surface area is 166 Å². The van der Waals surface area contributed by atoms with Crippen LogP contribution in [0.2, 0.25) is 10.0 Å². The van der Waals surface area contributed by atoms with Crippen molar-refractivity contribution in [2.45, 2.75) is 5.75 Å². The molecule has 2 aromatic rings. The van der Waals surface area contributed by atoms with Crippen molar-refractivity contribution in [3.8, 4) is 0 Å². The van der Waals surface area contributed by atoms with Crippen LogP contribution in [0.5, 0.6) is 0 Å². The Hall–Kier alpha value is -1.81. The van der Waals surface area contributed by atoms with E-state index in [0.29, 0.717) is 5.56 Å². The maximum atomic E-state index is 12.8. The highest BCUT2D eigenvalue weighted by Gasteiger charge is 2.35. The van der Waals surface area contributed by atoms with E-state index in [4.69, 9.17) is 23.2 Å². The molecule has 0 spiro atoms. The molecule has 0 bridgehead atoms. The van der Waals surface area contributed by atoms with E-state index in [0.717, 1.165) is 10.6 Å². The second kappa shape index (κ2) is 6.66. The Morgan fingerprint density at radius 3 is 2.52 bits per heavy atom. The first-order valence-electron chi connectivity index (χ1n) is 7.47. The van der Waals surface area contributed by atoms with Gasteiger partial charge in [0.1, 0.15) is 10.6 Å². The molecule has 0 amide bonds. The summed E-state index contributed by atoms with van der Waals surface area (Å²) in [6.45, 7) is 0. The van der Waals surface area contributed by atoms with E-state index < -0.39 is 30.5 Å². The summed E-state index contributed by atoms with van der Waals surface area (Å²) in [6.07, 6.45) is 2.39. The van der Waals surface area contributed by atoms with Crippen molar-refractivity contribution < 1.29 is 21.9 Å². The Kier molecular flexibility index (Phi) is 4.92. The van der Waals surface area contributed by atoms with Gasteiger partial charge in [0, 0.05) is 18.8 Å². The van der Waals surface area contributed by atoms with Crippen molar-refractivity contribution in [3.63, 3.8) is 0 Å². The zero-order valence-electron chi connectivity index (χ0n) is 14.1. The smallest absolute Gasteiger partial charge is 0.232 e. The molecule has 0 radical (unpaired) electrons. The number of benzene rings is 1. The van der Waals surface area contributed by atoms with E-state index >= 15 is 0 Å². The Morgan fingerprint density at radius 1 is 1.22 bits per heavy atom. The molecule has 11 heteroatoms. The van der Waals surface area contributed by atoms with Crippen molar-refractivity contribution in [2.24, 2.45) is 0 Å². The molecule has 0 saturated carbocycles. The maximum Gasteiger partial charge on any atom is 0.232 e. The highest BCUT2D eigenvalue weighted by Crippen LogP contribution is 2.44. The highest BCUT2D eigenvalue weighted by molar-refractivity contribution is 8.00. The van der Waals surface area contributed by atoms with Crippen LogP contribution in [0.25, 0.3) is 10.7 Å². The number of pyridine rings is 1. The number of hydrogen-bond donors (Lipinski definition) is 1. The molecule has 144 valence electrons. The molecule has 1 aromatic carbocycles. The fraction of sp³-hybridized carbons (Fsp3) is 0.188. The van der Waals surface area contributed by atoms with Gasteiger partial charge in [-0.15, -0.1) is 0 Å². The number of sulfone groups is 1.